The van der Waals surface area contributed by atoms with Gasteiger partial charge in [0.25, 0.3) is 0 Å². The lowest BCUT2D eigenvalue weighted by Crippen LogP contribution is -2.44. The maximum Gasteiger partial charge on any atom is 0.243 e. The van der Waals surface area contributed by atoms with Crippen molar-refractivity contribution in [3.63, 3.8) is 0 Å². The zero-order valence-corrected chi connectivity index (χ0v) is 19.4. The Morgan fingerprint density at radius 2 is 1.88 bits per heavy atom. The summed E-state index contributed by atoms with van der Waals surface area (Å²) in [6.07, 6.45) is 0. The highest BCUT2D eigenvalue weighted by molar-refractivity contribution is 7.89. The first-order valence-corrected chi connectivity index (χ1v) is 12.1. The molecule has 2 aromatic carbocycles. The van der Waals surface area contributed by atoms with E-state index in [1.807, 2.05) is 30.3 Å². The minimum atomic E-state index is -3.90. The standard InChI is InChI=1S/C23H31N3O5S/c1-19-16-21(8-9-22(19)30-2)32(28,29)26(17-20-6-4-3-5-7-20)18-23(27)24-10-11-25-12-14-31-15-13-25/h3-9,16H,10-15,17-18H2,1-2H3,(H,24,27). The van der Waals surface area contributed by atoms with Crippen LogP contribution in [0.5, 0.6) is 5.75 Å². The van der Waals surface area contributed by atoms with Crippen molar-refractivity contribution < 1.29 is 22.7 Å². The zero-order chi connectivity index (χ0) is 23.0. The molecule has 32 heavy (non-hydrogen) atoms. The molecule has 0 saturated carbocycles. The van der Waals surface area contributed by atoms with Gasteiger partial charge in [0.1, 0.15) is 5.75 Å². The summed E-state index contributed by atoms with van der Waals surface area (Å²) < 4.78 is 38.6. The second kappa shape index (κ2) is 11.4. The molecule has 0 unspecified atom stereocenters. The summed E-state index contributed by atoms with van der Waals surface area (Å²) in [6, 6.07) is 14.0. The minimum Gasteiger partial charge on any atom is -0.496 e. The van der Waals surface area contributed by atoms with Crippen LogP contribution in [0.25, 0.3) is 0 Å². The van der Waals surface area contributed by atoms with E-state index >= 15 is 0 Å². The van der Waals surface area contributed by atoms with Crippen molar-refractivity contribution in [1.29, 1.82) is 0 Å². The summed E-state index contributed by atoms with van der Waals surface area (Å²) in [4.78, 5) is 15.0. The van der Waals surface area contributed by atoms with Gasteiger partial charge in [-0.05, 0) is 36.2 Å². The minimum absolute atomic E-state index is 0.102. The van der Waals surface area contributed by atoms with Crippen LogP contribution in [0.2, 0.25) is 0 Å². The predicted octanol–water partition coefficient (Wildman–Crippen LogP) is 1.64. The van der Waals surface area contributed by atoms with E-state index in [2.05, 4.69) is 10.2 Å². The molecule has 1 saturated heterocycles. The number of amides is 1. The van der Waals surface area contributed by atoms with Crippen LogP contribution in [0.4, 0.5) is 0 Å². The number of hydrogen-bond acceptors (Lipinski definition) is 6. The summed E-state index contributed by atoms with van der Waals surface area (Å²) >= 11 is 0. The number of methoxy groups -OCH3 is 1. The molecular weight excluding hydrogens is 430 g/mol. The average Bonchev–Trinajstić information content (AvgIpc) is 2.80. The first kappa shape index (κ1) is 24.2. The molecule has 1 aliphatic heterocycles. The Labute approximate surface area is 190 Å². The van der Waals surface area contributed by atoms with Gasteiger partial charge in [-0.25, -0.2) is 8.42 Å². The van der Waals surface area contributed by atoms with Crippen LogP contribution in [0.1, 0.15) is 11.1 Å². The number of rotatable bonds is 10. The first-order valence-electron chi connectivity index (χ1n) is 10.7. The van der Waals surface area contributed by atoms with Crippen molar-refractivity contribution in [3.05, 3.63) is 59.7 Å². The topological polar surface area (TPSA) is 88.2 Å². The lowest BCUT2D eigenvalue weighted by molar-refractivity contribution is -0.121. The Morgan fingerprint density at radius 3 is 2.53 bits per heavy atom. The van der Waals surface area contributed by atoms with Gasteiger partial charge in [0.05, 0.1) is 31.8 Å². The van der Waals surface area contributed by atoms with Gasteiger partial charge in [0.2, 0.25) is 15.9 Å². The number of nitrogens with zero attached hydrogens (tertiary/aromatic N) is 2. The number of hydrogen-bond donors (Lipinski definition) is 1. The Morgan fingerprint density at radius 1 is 1.16 bits per heavy atom. The van der Waals surface area contributed by atoms with Crippen molar-refractivity contribution >= 4 is 15.9 Å². The first-order chi connectivity index (χ1) is 15.4. The highest BCUT2D eigenvalue weighted by atomic mass is 32.2. The normalized spacial score (nSPS) is 15.0. The summed E-state index contributed by atoms with van der Waals surface area (Å²) in [5.74, 6) is 0.280. The van der Waals surface area contributed by atoms with Gasteiger partial charge in [-0.15, -0.1) is 0 Å². The smallest absolute Gasteiger partial charge is 0.243 e. The molecule has 0 spiro atoms. The molecule has 3 rings (SSSR count). The van der Waals surface area contributed by atoms with Crippen molar-refractivity contribution in [2.24, 2.45) is 0 Å². The van der Waals surface area contributed by atoms with Crippen LogP contribution in [0.15, 0.2) is 53.4 Å². The summed E-state index contributed by atoms with van der Waals surface area (Å²) in [7, 11) is -2.36. The molecule has 1 fully saturated rings. The van der Waals surface area contributed by atoms with Crippen molar-refractivity contribution in [2.45, 2.75) is 18.4 Å². The number of benzene rings is 2. The number of sulfonamides is 1. The van der Waals surface area contributed by atoms with Crippen LogP contribution in [-0.4, -0.2) is 76.6 Å². The third-order valence-electron chi connectivity index (χ3n) is 5.38. The van der Waals surface area contributed by atoms with E-state index in [0.29, 0.717) is 37.6 Å². The van der Waals surface area contributed by atoms with Crippen LogP contribution < -0.4 is 10.1 Å². The Bertz CT molecular complexity index is 992. The van der Waals surface area contributed by atoms with E-state index < -0.39 is 10.0 Å². The van der Waals surface area contributed by atoms with Crippen LogP contribution in [-0.2, 0) is 26.1 Å². The molecule has 0 atom stereocenters. The number of morpholine rings is 1. The number of nitrogens with one attached hydrogen (secondary N) is 1. The van der Waals surface area contributed by atoms with Gasteiger partial charge < -0.3 is 14.8 Å². The highest BCUT2D eigenvalue weighted by Crippen LogP contribution is 2.24. The second-order valence-electron chi connectivity index (χ2n) is 7.69. The molecule has 1 amide bonds. The molecule has 1 heterocycles. The fourth-order valence-electron chi connectivity index (χ4n) is 3.57. The largest absolute Gasteiger partial charge is 0.496 e. The van der Waals surface area contributed by atoms with E-state index in [4.69, 9.17) is 9.47 Å². The average molecular weight is 462 g/mol. The van der Waals surface area contributed by atoms with Gasteiger partial charge in [-0.2, -0.15) is 4.31 Å². The third kappa shape index (κ3) is 6.52. The fraction of sp³-hybridized carbons (Fsp3) is 0.435. The molecule has 0 radical (unpaired) electrons. The third-order valence-corrected chi connectivity index (χ3v) is 7.17. The summed E-state index contributed by atoms with van der Waals surface area (Å²) in [6.45, 7) is 5.85. The predicted molar refractivity (Wildman–Crippen MR) is 122 cm³/mol. The van der Waals surface area contributed by atoms with Crippen molar-refractivity contribution in [1.82, 2.24) is 14.5 Å². The Balaban J connectivity index is 1.72. The van der Waals surface area contributed by atoms with E-state index in [9.17, 15) is 13.2 Å². The number of carbonyl (C=O) groups is 1. The monoisotopic (exact) mass is 461 g/mol. The van der Waals surface area contributed by atoms with E-state index in [0.717, 1.165) is 18.7 Å². The molecule has 174 valence electrons. The van der Waals surface area contributed by atoms with E-state index in [-0.39, 0.29) is 23.9 Å². The maximum absolute atomic E-state index is 13.4. The van der Waals surface area contributed by atoms with Gasteiger partial charge in [0, 0.05) is 32.7 Å². The zero-order valence-electron chi connectivity index (χ0n) is 18.6. The molecule has 1 N–H and O–H groups in total. The number of ether oxygens (including phenoxy) is 2. The van der Waals surface area contributed by atoms with Crippen molar-refractivity contribution in [3.8, 4) is 5.75 Å². The van der Waals surface area contributed by atoms with Gasteiger partial charge in [0.15, 0.2) is 0 Å². The van der Waals surface area contributed by atoms with Gasteiger partial charge in [-0.1, -0.05) is 30.3 Å². The maximum atomic E-state index is 13.4. The second-order valence-corrected chi connectivity index (χ2v) is 9.63. The molecular formula is C23H31N3O5S. The quantitative estimate of drug-likeness (QED) is 0.579. The van der Waals surface area contributed by atoms with Crippen LogP contribution >= 0.6 is 0 Å². The van der Waals surface area contributed by atoms with Crippen LogP contribution in [0, 0.1) is 6.92 Å². The van der Waals surface area contributed by atoms with Crippen molar-refractivity contribution in [2.75, 3.05) is 53.0 Å². The lowest BCUT2D eigenvalue weighted by Gasteiger charge is -2.27. The fourth-order valence-corrected chi connectivity index (χ4v) is 5.04. The van der Waals surface area contributed by atoms with Gasteiger partial charge >= 0.3 is 0 Å². The van der Waals surface area contributed by atoms with E-state index in [1.54, 1.807) is 26.2 Å². The van der Waals surface area contributed by atoms with Gasteiger partial charge in [-0.3, -0.25) is 9.69 Å². The van der Waals surface area contributed by atoms with Crippen LogP contribution in [0.3, 0.4) is 0 Å². The molecule has 0 bridgehead atoms. The molecule has 1 aliphatic rings. The molecule has 9 heteroatoms. The van der Waals surface area contributed by atoms with E-state index in [1.165, 1.54) is 10.4 Å². The highest BCUT2D eigenvalue weighted by Gasteiger charge is 2.27. The lowest BCUT2D eigenvalue weighted by atomic mass is 10.2. The Hall–Kier alpha value is -2.46. The molecule has 2 aromatic rings. The molecule has 0 aliphatic carbocycles. The summed E-state index contributed by atoms with van der Waals surface area (Å²) in [5.41, 5.74) is 1.52. The summed E-state index contributed by atoms with van der Waals surface area (Å²) in [5, 5.41) is 2.85. The number of aryl methyl sites for hydroxylation is 1. The number of carbonyl (C=O) groups excluding carboxylic acids is 1. The molecule has 0 aromatic heterocycles. The molecule has 8 nitrogen and oxygen atoms in total. The Kier molecular flexibility index (Phi) is 8.63. The SMILES string of the molecule is COc1ccc(S(=O)(=O)N(CC(=O)NCCN2CCOCC2)Cc2ccccc2)cc1C.